The minimum Gasteiger partial charge on any atom is -0.472 e. The highest BCUT2D eigenvalue weighted by atomic mass is 16.5. The molecule has 0 fully saturated rings. The molecule has 1 aromatic rings. The molecule has 0 saturated carbocycles. The molecule has 0 aliphatic carbocycles. The van der Waals surface area contributed by atoms with E-state index in [2.05, 4.69) is 9.97 Å². The van der Waals surface area contributed by atoms with Gasteiger partial charge in [-0.15, -0.1) is 0 Å². The summed E-state index contributed by atoms with van der Waals surface area (Å²) in [5.41, 5.74) is 5.38. The van der Waals surface area contributed by atoms with Crippen LogP contribution in [0.2, 0.25) is 0 Å². The molecule has 3 N–H and O–H groups in total. The molecule has 0 aromatic carbocycles. The number of hydrogen-bond acceptors (Lipinski definition) is 5. The predicted octanol–water partition coefficient (Wildman–Crippen LogP) is -0.182. The Bertz CT molecular complexity index is 254. The zero-order valence-corrected chi connectivity index (χ0v) is 6.77. The molecule has 0 saturated heterocycles. The summed E-state index contributed by atoms with van der Waals surface area (Å²) in [5.74, 6) is 0.731. The fourth-order valence-electron chi connectivity index (χ4n) is 0.661. The summed E-state index contributed by atoms with van der Waals surface area (Å²) in [4.78, 5) is 7.50. The van der Waals surface area contributed by atoms with Crippen molar-refractivity contribution in [2.45, 2.75) is 13.0 Å². The van der Waals surface area contributed by atoms with E-state index in [0.29, 0.717) is 11.7 Å². The minimum absolute atomic E-state index is 0.0517. The number of nitrogen functional groups attached to an aromatic ring is 1. The van der Waals surface area contributed by atoms with Crippen LogP contribution in [0.5, 0.6) is 5.88 Å². The Morgan fingerprint density at radius 2 is 2.42 bits per heavy atom. The van der Waals surface area contributed by atoms with Crippen LogP contribution in [0, 0.1) is 0 Å². The summed E-state index contributed by atoms with van der Waals surface area (Å²) < 4.78 is 5.16. The van der Waals surface area contributed by atoms with E-state index in [-0.39, 0.29) is 12.7 Å². The topological polar surface area (TPSA) is 81.3 Å². The van der Waals surface area contributed by atoms with Gasteiger partial charge < -0.3 is 15.6 Å². The summed E-state index contributed by atoms with van der Waals surface area (Å²) in [7, 11) is 0. The molecule has 0 aliphatic heterocycles. The van der Waals surface area contributed by atoms with Crippen molar-refractivity contribution in [3.63, 3.8) is 0 Å². The van der Waals surface area contributed by atoms with Crippen molar-refractivity contribution in [2.75, 3.05) is 12.3 Å². The smallest absolute Gasteiger partial charge is 0.218 e. The van der Waals surface area contributed by atoms with Crippen molar-refractivity contribution in [2.24, 2.45) is 0 Å². The highest BCUT2D eigenvalue weighted by molar-refractivity contribution is 5.30. The fourth-order valence-corrected chi connectivity index (χ4v) is 0.661. The van der Waals surface area contributed by atoms with Crippen LogP contribution in [0.4, 0.5) is 5.82 Å². The Kier molecular flexibility index (Phi) is 2.82. The van der Waals surface area contributed by atoms with Gasteiger partial charge in [-0.3, -0.25) is 0 Å². The largest absolute Gasteiger partial charge is 0.472 e. The molecule has 1 unspecified atom stereocenters. The number of ether oxygens (including phenoxy) is 1. The van der Waals surface area contributed by atoms with Gasteiger partial charge in [0, 0.05) is 6.07 Å². The van der Waals surface area contributed by atoms with E-state index in [1.54, 1.807) is 6.92 Å². The van der Waals surface area contributed by atoms with Gasteiger partial charge in [0.05, 0.1) is 6.61 Å². The van der Waals surface area contributed by atoms with E-state index < -0.39 is 0 Å². The second-order valence-corrected chi connectivity index (χ2v) is 2.39. The van der Waals surface area contributed by atoms with Gasteiger partial charge in [0.1, 0.15) is 18.2 Å². The molecule has 0 aliphatic rings. The molecule has 0 amide bonds. The number of rotatable bonds is 3. The second-order valence-electron chi connectivity index (χ2n) is 2.39. The molecule has 1 heterocycles. The summed E-state index contributed by atoms with van der Waals surface area (Å²) in [6.07, 6.45) is 1.04. The summed E-state index contributed by atoms with van der Waals surface area (Å²) in [5, 5.41) is 8.67. The van der Waals surface area contributed by atoms with Gasteiger partial charge >= 0.3 is 0 Å². The normalized spacial score (nSPS) is 12.5. The maximum atomic E-state index is 8.67. The molecule has 5 nitrogen and oxygen atoms in total. The van der Waals surface area contributed by atoms with Gasteiger partial charge in [-0.1, -0.05) is 0 Å². The van der Waals surface area contributed by atoms with Gasteiger partial charge in [-0.2, -0.15) is 0 Å². The quantitative estimate of drug-likeness (QED) is 0.655. The summed E-state index contributed by atoms with van der Waals surface area (Å²) in [6, 6.07) is 1.51. The zero-order chi connectivity index (χ0) is 8.97. The fraction of sp³-hybridized carbons (Fsp3) is 0.429. The Morgan fingerprint density at radius 1 is 1.67 bits per heavy atom. The van der Waals surface area contributed by atoms with Crippen molar-refractivity contribution in [1.82, 2.24) is 9.97 Å². The van der Waals surface area contributed by atoms with Gasteiger partial charge in [-0.05, 0) is 6.92 Å². The van der Waals surface area contributed by atoms with Crippen LogP contribution in [0.15, 0.2) is 12.4 Å². The van der Waals surface area contributed by atoms with Crippen molar-refractivity contribution in [1.29, 1.82) is 0 Å². The van der Waals surface area contributed by atoms with Crippen molar-refractivity contribution >= 4 is 5.82 Å². The zero-order valence-electron chi connectivity index (χ0n) is 6.77. The molecular weight excluding hydrogens is 158 g/mol. The Morgan fingerprint density at radius 3 is 3.00 bits per heavy atom. The molecule has 0 bridgehead atoms. The maximum absolute atomic E-state index is 8.67. The van der Waals surface area contributed by atoms with E-state index in [1.807, 2.05) is 0 Å². The molecule has 1 atom stereocenters. The van der Waals surface area contributed by atoms with E-state index in [9.17, 15) is 0 Å². The third-order valence-electron chi connectivity index (χ3n) is 1.24. The first-order valence-electron chi connectivity index (χ1n) is 3.57. The molecular formula is C7H11N3O2. The Balaban J connectivity index is 2.63. The van der Waals surface area contributed by atoms with Crippen LogP contribution in [-0.2, 0) is 0 Å². The lowest BCUT2D eigenvalue weighted by molar-refractivity contribution is 0.125. The molecule has 0 spiro atoms. The molecule has 0 radical (unpaired) electrons. The average Bonchev–Trinajstić information content (AvgIpc) is 2.04. The van der Waals surface area contributed by atoms with Crippen LogP contribution >= 0.6 is 0 Å². The lowest BCUT2D eigenvalue weighted by Gasteiger charge is -2.09. The van der Waals surface area contributed by atoms with E-state index in [4.69, 9.17) is 15.6 Å². The van der Waals surface area contributed by atoms with Gasteiger partial charge in [-0.25, -0.2) is 9.97 Å². The summed E-state index contributed by atoms with van der Waals surface area (Å²) in [6.45, 7) is 1.68. The number of nitrogens with zero attached hydrogens (tertiary/aromatic N) is 2. The standard InChI is InChI=1S/C7H11N3O2/c1-5(3-11)12-7-2-6(8)9-4-10-7/h2,4-5,11H,3H2,1H3,(H2,8,9,10). The molecule has 66 valence electrons. The number of nitrogens with two attached hydrogens (primary N) is 1. The lowest BCUT2D eigenvalue weighted by Crippen LogP contribution is -2.17. The van der Waals surface area contributed by atoms with Crippen LogP contribution in [-0.4, -0.2) is 27.8 Å². The first kappa shape index (κ1) is 8.73. The third-order valence-corrected chi connectivity index (χ3v) is 1.24. The third kappa shape index (κ3) is 2.35. The Labute approximate surface area is 70.2 Å². The predicted molar refractivity (Wildman–Crippen MR) is 43.6 cm³/mol. The van der Waals surface area contributed by atoms with Crippen LogP contribution in [0.3, 0.4) is 0 Å². The minimum atomic E-state index is -0.278. The van der Waals surface area contributed by atoms with Gasteiger partial charge in [0.15, 0.2) is 0 Å². The SMILES string of the molecule is CC(CO)Oc1cc(N)ncn1. The van der Waals surface area contributed by atoms with E-state index in [1.165, 1.54) is 12.4 Å². The van der Waals surface area contributed by atoms with Crippen molar-refractivity contribution in [3.8, 4) is 5.88 Å². The monoisotopic (exact) mass is 169 g/mol. The number of hydrogen-bond donors (Lipinski definition) is 2. The van der Waals surface area contributed by atoms with Gasteiger partial charge in [0.2, 0.25) is 5.88 Å². The average molecular weight is 169 g/mol. The Hall–Kier alpha value is -1.36. The van der Waals surface area contributed by atoms with Crippen LogP contribution < -0.4 is 10.5 Å². The first-order chi connectivity index (χ1) is 5.72. The first-order valence-corrected chi connectivity index (χ1v) is 3.57. The van der Waals surface area contributed by atoms with Crippen molar-refractivity contribution < 1.29 is 9.84 Å². The molecule has 12 heavy (non-hydrogen) atoms. The van der Waals surface area contributed by atoms with Crippen LogP contribution in [0.1, 0.15) is 6.92 Å². The van der Waals surface area contributed by atoms with Gasteiger partial charge in [0.25, 0.3) is 0 Å². The molecule has 5 heteroatoms. The van der Waals surface area contributed by atoms with Crippen molar-refractivity contribution in [3.05, 3.63) is 12.4 Å². The van der Waals surface area contributed by atoms with E-state index in [0.717, 1.165) is 0 Å². The number of aromatic nitrogens is 2. The maximum Gasteiger partial charge on any atom is 0.218 e. The molecule has 1 rings (SSSR count). The highest BCUT2D eigenvalue weighted by Gasteiger charge is 2.02. The van der Waals surface area contributed by atoms with E-state index >= 15 is 0 Å². The lowest BCUT2D eigenvalue weighted by atomic mass is 10.4. The second kappa shape index (κ2) is 3.87. The number of aliphatic hydroxyl groups is 1. The summed E-state index contributed by atoms with van der Waals surface area (Å²) >= 11 is 0. The molecule has 1 aromatic heterocycles. The van der Waals surface area contributed by atoms with Crippen LogP contribution in [0.25, 0.3) is 0 Å². The highest BCUT2D eigenvalue weighted by Crippen LogP contribution is 2.09. The number of anilines is 1. The number of aliphatic hydroxyl groups excluding tert-OH is 1.